The standard InChI is InChI=1S/C13H17Cl2NO3S/c1-8(12-10(14)5-4-6-11(12)15)7-16-13(17)9(2)20(3,18)19/h4-6,8-9H,7H2,1-3H3,(H,16,17). The number of nitrogens with one attached hydrogen (secondary N) is 1. The van der Waals surface area contributed by atoms with Gasteiger partial charge in [-0.2, -0.15) is 0 Å². The van der Waals surface area contributed by atoms with Crippen molar-refractivity contribution in [2.75, 3.05) is 12.8 Å². The van der Waals surface area contributed by atoms with Crippen LogP contribution in [0.5, 0.6) is 0 Å². The summed E-state index contributed by atoms with van der Waals surface area (Å²) < 4.78 is 22.6. The zero-order valence-electron chi connectivity index (χ0n) is 11.5. The predicted octanol–water partition coefficient (Wildman–Crippen LogP) is 2.65. The van der Waals surface area contributed by atoms with Gasteiger partial charge in [-0.1, -0.05) is 36.2 Å². The summed E-state index contributed by atoms with van der Waals surface area (Å²) >= 11 is 12.2. The molecule has 0 saturated carbocycles. The van der Waals surface area contributed by atoms with E-state index in [1.54, 1.807) is 18.2 Å². The number of sulfone groups is 1. The third kappa shape index (κ3) is 4.36. The molecule has 0 spiro atoms. The zero-order valence-corrected chi connectivity index (χ0v) is 13.8. The van der Waals surface area contributed by atoms with Crippen molar-refractivity contribution in [1.82, 2.24) is 5.32 Å². The highest BCUT2D eigenvalue weighted by Crippen LogP contribution is 2.30. The third-order valence-electron chi connectivity index (χ3n) is 3.09. The van der Waals surface area contributed by atoms with Gasteiger partial charge in [-0.3, -0.25) is 4.79 Å². The van der Waals surface area contributed by atoms with Gasteiger partial charge in [-0.05, 0) is 24.6 Å². The van der Waals surface area contributed by atoms with Gasteiger partial charge in [-0.15, -0.1) is 0 Å². The average Bonchev–Trinajstić information content (AvgIpc) is 2.33. The average molecular weight is 338 g/mol. The maximum atomic E-state index is 11.7. The molecular weight excluding hydrogens is 321 g/mol. The molecule has 1 aromatic rings. The Morgan fingerprint density at radius 3 is 2.20 bits per heavy atom. The Kier molecular flexibility index (Phi) is 5.86. The van der Waals surface area contributed by atoms with Gasteiger partial charge >= 0.3 is 0 Å². The van der Waals surface area contributed by atoms with Crippen LogP contribution in [0.3, 0.4) is 0 Å². The van der Waals surface area contributed by atoms with E-state index >= 15 is 0 Å². The molecule has 1 N–H and O–H groups in total. The van der Waals surface area contributed by atoms with E-state index in [1.165, 1.54) is 6.92 Å². The Labute approximate surface area is 129 Å². The van der Waals surface area contributed by atoms with Crippen LogP contribution in [0.15, 0.2) is 18.2 Å². The second kappa shape index (κ2) is 6.78. The maximum absolute atomic E-state index is 11.7. The van der Waals surface area contributed by atoms with Crippen molar-refractivity contribution in [3.63, 3.8) is 0 Å². The molecule has 0 fully saturated rings. The molecule has 0 bridgehead atoms. The lowest BCUT2D eigenvalue weighted by Gasteiger charge is -2.17. The van der Waals surface area contributed by atoms with E-state index in [-0.39, 0.29) is 12.5 Å². The summed E-state index contributed by atoms with van der Waals surface area (Å²) in [6.45, 7) is 3.48. The highest BCUT2D eigenvalue weighted by molar-refractivity contribution is 7.92. The quantitative estimate of drug-likeness (QED) is 0.898. The van der Waals surface area contributed by atoms with Crippen LogP contribution in [0.1, 0.15) is 25.3 Å². The smallest absolute Gasteiger partial charge is 0.238 e. The molecular formula is C13H17Cl2NO3S. The minimum absolute atomic E-state index is 0.119. The van der Waals surface area contributed by atoms with E-state index < -0.39 is 21.0 Å². The van der Waals surface area contributed by atoms with E-state index in [0.717, 1.165) is 11.8 Å². The molecule has 20 heavy (non-hydrogen) atoms. The lowest BCUT2D eigenvalue weighted by Crippen LogP contribution is -2.39. The van der Waals surface area contributed by atoms with Crippen molar-refractivity contribution in [2.24, 2.45) is 0 Å². The van der Waals surface area contributed by atoms with Crippen molar-refractivity contribution in [3.8, 4) is 0 Å². The summed E-state index contributed by atoms with van der Waals surface area (Å²) in [6, 6.07) is 5.19. The number of benzene rings is 1. The fourth-order valence-electron chi connectivity index (χ4n) is 1.68. The number of carbonyl (C=O) groups excluding carboxylic acids is 1. The van der Waals surface area contributed by atoms with Crippen molar-refractivity contribution in [2.45, 2.75) is 25.0 Å². The molecule has 7 heteroatoms. The Hall–Kier alpha value is -0.780. The van der Waals surface area contributed by atoms with Gasteiger partial charge in [0, 0.05) is 28.8 Å². The fourth-order valence-corrected chi connectivity index (χ4v) is 2.92. The molecule has 0 aromatic heterocycles. The van der Waals surface area contributed by atoms with Crippen LogP contribution < -0.4 is 5.32 Å². The van der Waals surface area contributed by atoms with Crippen LogP contribution in [-0.4, -0.2) is 32.4 Å². The number of rotatable bonds is 5. The Morgan fingerprint density at radius 1 is 1.25 bits per heavy atom. The number of hydrogen-bond acceptors (Lipinski definition) is 3. The van der Waals surface area contributed by atoms with Gasteiger partial charge in [0.05, 0.1) is 0 Å². The number of halogens is 2. The van der Waals surface area contributed by atoms with Crippen LogP contribution in [0.4, 0.5) is 0 Å². The molecule has 112 valence electrons. The zero-order chi connectivity index (χ0) is 15.5. The van der Waals surface area contributed by atoms with Gasteiger partial charge < -0.3 is 5.32 Å². The van der Waals surface area contributed by atoms with Gasteiger partial charge in [-0.25, -0.2) is 8.42 Å². The number of carbonyl (C=O) groups is 1. The molecule has 0 heterocycles. The SMILES string of the molecule is CC(CNC(=O)C(C)S(C)(=O)=O)c1c(Cl)cccc1Cl. The maximum Gasteiger partial charge on any atom is 0.238 e. The van der Waals surface area contributed by atoms with Crippen molar-refractivity contribution in [1.29, 1.82) is 0 Å². The predicted molar refractivity (Wildman–Crippen MR) is 82.2 cm³/mol. The highest BCUT2D eigenvalue weighted by Gasteiger charge is 2.24. The van der Waals surface area contributed by atoms with E-state index in [0.29, 0.717) is 10.0 Å². The van der Waals surface area contributed by atoms with Crippen LogP contribution in [0.25, 0.3) is 0 Å². The summed E-state index contributed by atoms with van der Waals surface area (Å²) in [5.74, 6) is -0.644. The van der Waals surface area contributed by atoms with Crippen LogP contribution in [0, 0.1) is 0 Å². The molecule has 2 atom stereocenters. The van der Waals surface area contributed by atoms with Crippen LogP contribution in [0.2, 0.25) is 10.0 Å². The topological polar surface area (TPSA) is 63.2 Å². The van der Waals surface area contributed by atoms with Crippen molar-refractivity contribution < 1.29 is 13.2 Å². The second-order valence-corrected chi connectivity index (χ2v) is 7.93. The lowest BCUT2D eigenvalue weighted by molar-refractivity contribution is -0.120. The minimum atomic E-state index is -3.40. The summed E-state index contributed by atoms with van der Waals surface area (Å²) in [5, 5.41) is 2.58. The molecule has 0 saturated heterocycles. The molecule has 1 rings (SSSR count). The molecule has 4 nitrogen and oxygen atoms in total. The first kappa shape index (κ1) is 17.3. The minimum Gasteiger partial charge on any atom is -0.354 e. The van der Waals surface area contributed by atoms with E-state index in [2.05, 4.69) is 5.32 Å². The molecule has 2 unspecified atom stereocenters. The molecule has 0 aliphatic heterocycles. The normalized spacial score (nSPS) is 14.7. The summed E-state index contributed by atoms with van der Waals surface area (Å²) in [5.41, 5.74) is 0.739. The largest absolute Gasteiger partial charge is 0.354 e. The lowest BCUT2D eigenvalue weighted by atomic mass is 10.0. The van der Waals surface area contributed by atoms with Gasteiger partial charge in [0.2, 0.25) is 5.91 Å². The summed E-state index contributed by atoms with van der Waals surface area (Å²) in [6.07, 6.45) is 1.03. The first-order valence-electron chi connectivity index (χ1n) is 6.05. The van der Waals surface area contributed by atoms with Crippen LogP contribution in [-0.2, 0) is 14.6 Å². The Balaban J connectivity index is 2.74. The van der Waals surface area contributed by atoms with Crippen molar-refractivity contribution in [3.05, 3.63) is 33.8 Å². The van der Waals surface area contributed by atoms with Gasteiger partial charge in [0.25, 0.3) is 0 Å². The number of hydrogen-bond donors (Lipinski definition) is 1. The number of amides is 1. The first-order chi connectivity index (χ1) is 9.14. The first-order valence-corrected chi connectivity index (χ1v) is 8.76. The monoisotopic (exact) mass is 337 g/mol. The molecule has 0 aliphatic rings. The van der Waals surface area contributed by atoms with Crippen LogP contribution >= 0.6 is 23.2 Å². The highest BCUT2D eigenvalue weighted by atomic mass is 35.5. The molecule has 1 aromatic carbocycles. The third-order valence-corrected chi connectivity index (χ3v) is 5.24. The van der Waals surface area contributed by atoms with E-state index in [4.69, 9.17) is 23.2 Å². The fraction of sp³-hybridized carbons (Fsp3) is 0.462. The summed E-state index contributed by atoms with van der Waals surface area (Å²) in [4.78, 5) is 11.7. The Morgan fingerprint density at radius 2 is 1.75 bits per heavy atom. The van der Waals surface area contributed by atoms with E-state index in [1.807, 2.05) is 6.92 Å². The van der Waals surface area contributed by atoms with Gasteiger partial charge in [0.15, 0.2) is 9.84 Å². The molecule has 1 amide bonds. The van der Waals surface area contributed by atoms with E-state index in [9.17, 15) is 13.2 Å². The molecule has 0 aliphatic carbocycles. The Bertz CT molecular complexity index is 581. The second-order valence-electron chi connectivity index (χ2n) is 4.75. The molecule has 0 radical (unpaired) electrons. The summed E-state index contributed by atoms with van der Waals surface area (Å²) in [7, 11) is -3.40. The van der Waals surface area contributed by atoms with Gasteiger partial charge in [0.1, 0.15) is 5.25 Å². The van der Waals surface area contributed by atoms with Crippen molar-refractivity contribution >= 4 is 38.9 Å².